The Hall–Kier alpha value is -1.22. The summed E-state index contributed by atoms with van der Waals surface area (Å²) in [4.78, 5) is 11.7. The number of benzene rings is 1. The maximum atomic E-state index is 11.7. The molecule has 0 aromatic heterocycles. The van der Waals surface area contributed by atoms with E-state index >= 15 is 0 Å². The molecule has 98 valence electrons. The van der Waals surface area contributed by atoms with Gasteiger partial charge in [0.25, 0.3) is 0 Å². The van der Waals surface area contributed by atoms with E-state index in [0.29, 0.717) is 11.4 Å². The molecule has 1 aromatic carbocycles. The minimum Gasteiger partial charge on any atom is -0.479 e. The first-order valence-electron chi connectivity index (χ1n) is 6.32. The van der Waals surface area contributed by atoms with Crippen LogP contribution in [0.25, 0.3) is 0 Å². The second-order valence-electron chi connectivity index (χ2n) is 5.06. The monoisotopic (exact) mass is 267 g/mol. The molecular weight excluding hydrogens is 250 g/mol. The van der Waals surface area contributed by atoms with E-state index in [4.69, 9.17) is 11.6 Å². The van der Waals surface area contributed by atoms with Crippen LogP contribution in [0.15, 0.2) is 24.3 Å². The molecule has 1 aliphatic rings. The van der Waals surface area contributed by atoms with Gasteiger partial charge in [0, 0.05) is 10.7 Å². The van der Waals surface area contributed by atoms with E-state index in [0.717, 1.165) is 24.9 Å². The van der Waals surface area contributed by atoms with Gasteiger partial charge in [-0.3, -0.25) is 0 Å². The summed E-state index contributed by atoms with van der Waals surface area (Å²) in [7, 11) is 0. The molecule has 0 aliphatic heterocycles. The van der Waals surface area contributed by atoms with E-state index in [1.165, 1.54) is 0 Å². The minimum atomic E-state index is -0.858. The van der Waals surface area contributed by atoms with Gasteiger partial charge in [-0.2, -0.15) is 0 Å². The SMILES string of the molecule is CC1CCCCC1(Nc1cccc(Cl)c1)C(=O)O. The predicted molar refractivity (Wildman–Crippen MR) is 73.1 cm³/mol. The first-order valence-corrected chi connectivity index (χ1v) is 6.69. The summed E-state index contributed by atoms with van der Waals surface area (Å²) in [6, 6.07) is 7.24. The van der Waals surface area contributed by atoms with E-state index in [1.807, 2.05) is 19.1 Å². The number of carboxylic acid groups (broad SMARTS) is 1. The predicted octanol–water partition coefficient (Wildman–Crippen LogP) is 3.79. The number of rotatable bonds is 3. The van der Waals surface area contributed by atoms with Gasteiger partial charge in [0.15, 0.2) is 0 Å². The van der Waals surface area contributed by atoms with Crippen molar-refractivity contribution in [3.63, 3.8) is 0 Å². The highest BCUT2D eigenvalue weighted by atomic mass is 35.5. The average molecular weight is 268 g/mol. The first kappa shape index (κ1) is 13.2. The minimum absolute atomic E-state index is 0.114. The normalized spacial score (nSPS) is 27.8. The highest BCUT2D eigenvalue weighted by molar-refractivity contribution is 6.30. The van der Waals surface area contributed by atoms with Crippen LogP contribution in [0.1, 0.15) is 32.6 Å². The molecule has 2 unspecified atom stereocenters. The van der Waals surface area contributed by atoms with Crippen LogP contribution < -0.4 is 5.32 Å². The summed E-state index contributed by atoms with van der Waals surface area (Å²) < 4.78 is 0. The van der Waals surface area contributed by atoms with Gasteiger partial charge in [0.2, 0.25) is 0 Å². The molecule has 4 heteroatoms. The van der Waals surface area contributed by atoms with Crippen LogP contribution in [-0.2, 0) is 4.79 Å². The number of aliphatic carboxylic acids is 1. The molecular formula is C14H18ClNO2. The lowest BCUT2D eigenvalue weighted by Crippen LogP contribution is -2.53. The standard InChI is InChI=1S/C14H18ClNO2/c1-10-5-2-3-8-14(10,13(17)18)16-12-7-4-6-11(15)9-12/h4,6-7,9-10,16H,2-3,5,8H2,1H3,(H,17,18). The molecule has 1 aromatic rings. The fourth-order valence-corrected chi connectivity index (χ4v) is 2.92. The van der Waals surface area contributed by atoms with Crippen molar-refractivity contribution in [3.05, 3.63) is 29.3 Å². The fraction of sp³-hybridized carbons (Fsp3) is 0.500. The van der Waals surface area contributed by atoms with Crippen LogP contribution in [0.3, 0.4) is 0 Å². The van der Waals surface area contributed by atoms with Gasteiger partial charge in [0.1, 0.15) is 5.54 Å². The van der Waals surface area contributed by atoms with Gasteiger partial charge >= 0.3 is 5.97 Å². The molecule has 0 radical (unpaired) electrons. The Bertz CT molecular complexity index is 449. The Kier molecular flexibility index (Phi) is 3.81. The number of hydrogen-bond acceptors (Lipinski definition) is 2. The molecule has 2 atom stereocenters. The Morgan fingerprint density at radius 1 is 1.50 bits per heavy atom. The molecule has 3 nitrogen and oxygen atoms in total. The summed E-state index contributed by atoms with van der Waals surface area (Å²) >= 11 is 5.94. The summed E-state index contributed by atoms with van der Waals surface area (Å²) in [5.74, 6) is -0.655. The molecule has 0 spiro atoms. The van der Waals surface area contributed by atoms with Crippen molar-refractivity contribution in [1.82, 2.24) is 0 Å². The van der Waals surface area contributed by atoms with Crippen molar-refractivity contribution in [2.75, 3.05) is 5.32 Å². The highest BCUT2D eigenvalue weighted by Crippen LogP contribution is 2.37. The number of halogens is 1. The van der Waals surface area contributed by atoms with E-state index in [2.05, 4.69) is 5.32 Å². The van der Waals surface area contributed by atoms with E-state index < -0.39 is 11.5 Å². The summed E-state index contributed by atoms with van der Waals surface area (Å²) in [5.41, 5.74) is -0.0817. The Labute approximate surface area is 112 Å². The average Bonchev–Trinajstić information content (AvgIpc) is 2.32. The molecule has 0 heterocycles. The molecule has 0 bridgehead atoms. The molecule has 0 saturated heterocycles. The lowest BCUT2D eigenvalue weighted by molar-refractivity contribution is -0.145. The van der Waals surface area contributed by atoms with Crippen molar-refractivity contribution >= 4 is 23.3 Å². The van der Waals surface area contributed by atoms with Crippen molar-refractivity contribution < 1.29 is 9.90 Å². The summed E-state index contributed by atoms with van der Waals surface area (Å²) in [5, 5.41) is 13.4. The highest BCUT2D eigenvalue weighted by Gasteiger charge is 2.45. The van der Waals surface area contributed by atoms with Gasteiger partial charge in [-0.05, 0) is 37.0 Å². The second-order valence-corrected chi connectivity index (χ2v) is 5.50. The zero-order chi connectivity index (χ0) is 13.2. The molecule has 1 aliphatic carbocycles. The topological polar surface area (TPSA) is 49.3 Å². The van der Waals surface area contributed by atoms with Crippen LogP contribution in [-0.4, -0.2) is 16.6 Å². The van der Waals surface area contributed by atoms with Gasteiger partial charge < -0.3 is 10.4 Å². The molecule has 1 fully saturated rings. The fourth-order valence-electron chi connectivity index (χ4n) is 2.73. The van der Waals surface area contributed by atoms with E-state index in [-0.39, 0.29) is 5.92 Å². The number of nitrogens with one attached hydrogen (secondary N) is 1. The Morgan fingerprint density at radius 2 is 2.28 bits per heavy atom. The number of hydrogen-bond donors (Lipinski definition) is 2. The zero-order valence-electron chi connectivity index (χ0n) is 10.4. The third-order valence-electron chi connectivity index (χ3n) is 3.87. The van der Waals surface area contributed by atoms with Crippen LogP contribution in [0, 0.1) is 5.92 Å². The van der Waals surface area contributed by atoms with Crippen molar-refractivity contribution in [2.24, 2.45) is 5.92 Å². The first-order chi connectivity index (χ1) is 8.54. The van der Waals surface area contributed by atoms with E-state index in [1.54, 1.807) is 12.1 Å². The molecule has 18 heavy (non-hydrogen) atoms. The lowest BCUT2D eigenvalue weighted by atomic mass is 9.73. The largest absolute Gasteiger partial charge is 0.479 e. The zero-order valence-corrected chi connectivity index (χ0v) is 11.2. The van der Waals surface area contributed by atoms with Gasteiger partial charge in [-0.1, -0.05) is 37.4 Å². The van der Waals surface area contributed by atoms with Gasteiger partial charge in [-0.15, -0.1) is 0 Å². The van der Waals surface area contributed by atoms with Crippen LogP contribution >= 0.6 is 11.6 Å². The number of carbonyl (C=O) groups is 1. The molecule has 2 N–H and O–H groups in total. The Morgan fingerprint density at radius 3 is 2.89 bits per heavy atom. The second kappa shape index (κ2) is 5.19. The maximum Gasteiger partial charge on any atom is 0.329 e. The molecule has 1 saturated carbocycles. The van der Waals surface area contributed by atoms with Crippen LogP contribution in [0.2, 0.25) is 5.02 Å². The summed E-state index contributed by atoms with van der Waals surface area (Å²) in [6.45, 7) is 2.00. The van der Waals surface area contributed by atoms with E-state index in [9.17, 15) is 9.90 Å². The van der Waals surface area contributed by atoms with Crippen molar-refractivity contribution in [1.29, 1.82) is 0 Å². The molecule has 2 rings (SSSR count). The number of anilines is 1. The third kappa shape index (κ3) is 2.46. The van der Waals surface area contributed by atoms with Crippen molar-refractivity contribution in [3.8, 4) is 0 Å². The van der Waals surface area contributed by atoms with Crippen molar-refractivity contribution in [2.45, 2.75) is 38.1 Å². The van der Waals surface area contributed by atoms with Crippen LogP contribution in [0.5, 0.6) is 0 Å². The molecule has 0 amide bonds. The van der Waals surface area contributed by atoms with Crippen LogP contribution in [0.4, 0.5) is 5.69 Å². The number of carboxylic acids is 1. The maximum absolute atomic E-state index is 11.7. The lowest BCUT2D eigenvalue weighted by Gasteiger charge is -2.40. The van der Waals surface area contributed by atoms with Gasteiger partial charge in [0.05, 0.1) is 0 Å². The third-order valence-corrected chi connectivity index (χ3v) is 4.11. The summed E-state index contributed by atoms with van der Waals surface area (Å²) in [6.07, 6.45) is 3.66. The smallest absolute Gasteiger partial charge is 0.329 e. The van der Waals surface area contributed by atoms with Gasteiger partial charge in [-0.25, -0.2) is 4.79 Å². The quantitative estimate of drug-likeness (QED) is 0.876. The Balaban J connectivity index is 2.28.